The number of piperidine rings is 1. The maximum atomic E-state index is 12.3. The van der Waals surface area contributed by atoms with E-state index >= 15 is 0 Å². The van der Waals surface area contributed by atoms with Crippen LogP contribution in [-0.2, 0) is 14.3 Å². The molecular formula is C20H30N2O4. The second kappa shape index (κ2) is 10.2. The van der Waals surface area contributed by atoms with Crippen molar-refractivity contribution in [2.45, 2.75) is 39.7 Å². The maximum absolute atomic E-state index is 12.3. The third kappa shape index (κ3) is 6.02. The Hall–Kier alpha value is -2.08. The molecule has 0 radical (unpaired) electrons. The molecule has 6 heteroatoms. The number of esters is 1. The lowest BCUT2D eigenvalue weighted by Crippen LogP contribution is -2.49. The van der Waals surface area contributed by atoms with Crippen molar-refractivity contribution in [1.82, 2.24) is 10.2 Å². The van der Waals surface area contributed by atoms with E-state index in [4.69, 9.17) is 9.47 Å². The van der Waals surface area contributed by atoms with Crippen LogP contribution in [0.15, 0.2) is 24.3 Å². The topological polar surface area (TPSA) is 67.9 Å². The highest BCUT2D eigenvalue weighted by atomic mass is 16.5. The van der Waals surface area contributed by atoms with Gasteiger partial charge in [0.25, 0.3) is 0 Å². The first-order valence-corrected chi connectivity index (χ1v) is 9.39. The van der Waals surface area contributed by atoms with E-state index in [2.05, 4.69) is 10.2 Å². The zero-order valence-corrected chi connectivity index (χ0v) is 16.0. The summed E-state index contributed by atoms with van der Waals surface area (Å²) in [6.07, 6.45) is 1.49. The van der Waals surface area contributed by atoms with E-state index in [0.717, 1.165) is 37.2 Å². The van der Waals surface area contributed by atoms with Crippen LogP contribution >= 0.6 is 0 Å². The van der Waals surface area contributed by atoms with Gasteiger partial charge in [-0.15, -0.1) is 0 Å². The van der Waals surface area contributed by atoms with E-state index in [1.165, 1.54) is 0 Å². The van der Waals surface area contributed by atoms with Crippen molar-refractivity contribution in [2.75, 3.05) is 32.8 Å². The molecule has 1 amide bonds. The zero-order chi connectivity index (χ0) is 18.9. The summed E-state index contributed by atoms with van der Waals surface area (Å²) >= 11 is 0. The Morgan fingerprint density at radius 1 is 1.31 bits per heavy atom. The number of nitrogens with zero attached hydrogens (tertiary/aromatic N) is 1. The Labute approximate surface area is 155 Å². The van der Waals surface area contributed by atoms with Crippen LogP contribution in [0.25, 0.3) is 0 Å². The van der Waals surface area contributed by atoms with Crippen LogP contribution in [0.5, 0.6) is 5.75 Å². The fourth-order valence-corrected chi connectivity index (χ4v) is 3.14. The van der Waals surface area contributed by atoms with Crippen LogP contribution < -0.4 is 10.1 Å². The predicted octanol–water partition coefficient (Wildman–Crippen LogP) is 2.15. The summed E-state index contributed by atoms with van der Waals surface area (Å²) in [6.45, 7) is 8.53. The molecule has 0 aliphatic carbocycles. The van der Waals surface area contributed by atoms with Crippen molar-refractivity contribution >= 4 is 11.9 Å². The van der Waals surface area contributed by atoms with Gasteiger partial charge in [-0.1, -0.05) is 12.1 Å². The summed E-state index contributed by atoms with van der Waals surface area (Å²) in [4.78, 5) is 26.2. The van der Waals surface area contributed by atoms with Crippen LogP contribution in [0.4, 0.5) is 0 Å². The summed E-state index contributed by atoms with van der Waals surface area (Å²) in [5, 5.41) is 2.92. The summed E-state index contributed by atoms with van der Waals surface area (Å²) in [6, 6.07) is 7.63. The smallest absolute Gasteiger partial charge is 0.309 e. The second-order valence-corrected chi connectivity index (χ2v) is 6.69. The minimum Gasteiger partial charge on any atom is -0.492 e. The predicted molar refractivity (Wildman–Crippen MR) is 100 cm³/mol. The van der Waals surface area contributed by atoms with Crippen LogP contribution in [0.3, 0.4) is 0 Å². The highest BCUT2D eigenvalue weighted by molar-refractivity contribution is 5.81. The normalized spacial score (nSPS) is 16.7. The van der Waals surface area contributed by atoms with Crippen LogP contribution in [0.2, 0.25) is 0 Å². The van der Waals surface area contributed by atoms with Gasteiger partial charge < -0.3 is 14.8 Å². The maximum Gasteiger partial charge on any atom is 0.309 e. The number of aryl methyl sites for hydroxylation is 1. The van der Waals surface area contributed by atoms with E-state index in [1.54, 1.807) is 0 Å². The van der Waals surface area contributed by atoms with E-state index in [9.17, 15) is 9.59 Å². The van der Waals surface area contributed by atoms with Gasteiger partial charge in [-0.3, -0.25) is 14.5 Å². The summed E-state index contributed by atoms with van der Waals surface area (Å²) < 4.78 is 10.7. The third-order valence-electron chi connectivity index (χ3n) is 4.74. The average Bonchev–Trinajstić information content (AvgIpc) is 2.65. The molecule has 0 aromatic heterocycles. The minimum absolute atomic E-state index is 0.00701. The number of hydrogen-bond donors (Lipinski definition) is 1. The van der Waals surface area contributed by atoms with Gasteiger partial charge in [0.2, 0.25) is 5.91 Å². The quantitative estimate of drug-likeness (QED) is 0.567. The summed E-state index contributed by atoms with van der Waals surface area (Å²) in [5.41, 5.74) is 1.14. The van der Waals surface area contributed by atoms with Crippen molar-refractivity contribution in [2.24, 2.45) is 5.92 Å². The molecule has 1 aromatic rings. The molecule has 144 valence electrons. The summed E-state index contributed by atoms with van der Waals surface area (Å²) in [5.74, 6) is 0.655. The lowest BCUT2D eigenvalue weighted by Gasteiger charge is -2.34. The van der Waals surface area contributed by atoms with Gasteiger partial charge in [0, 0.05) is 0 Å². The molecule has 1 saturated heterocycles. The Morgan fingerprint density at radius 2 is 2.04 bits per heavy atom. The molecule has 1 atom stereocenters. The number of carbonyl (C=O) groups excluding carboxylic acids is 2. The number of hydrogen-bond acceptors (Lipinski definition) is 5. The number of rotatable bonds is 8. The van der Waals surface area contributed by atoms with Gasteiger partial charge in [-0.2, -0.15) is 0 Å². The molecule has 1 unspecified atom stereocenters. The van der Waals surface area contributed by atoms with E-state index in [1.807, 2.05) is 45.0 Å². The molecule has 0 spiro atoms. The molecule has 1 fully saturated rings. The first-order valence-electron chi connectivity index (χ1n) is 9.39. The highest BCUT2D eigenvalue weighted by Gasteiger charge is 2.30. The molecule has 1 aliphatic heterocycles. The van der Waals surface area contributed by atoms with Gasteiger partial charge in [-0.25, -0.2) is 0 Å². The van der Waals surface area contributed by atoms with Crippen LogP contribution in [0.1, 0.15) is 32.3 Å². The molecular weight excluding hydrogens is 332 g/mol. The molecule has 1 aromatic carbocycles. The van der Waals surface area contributed by atoms with Crippen molar-refractivity contribution in [1.29, 1.82) is 0 Å². The van der Waals surface area contributed by atoms with Crippen molar-refractivity contribution in [3.63, 3.8) is 0 Å². The molecule has 1 heterocycles. The van der Waals surface area contributed by atoms with Gasteiger partial charge in [-0.05, 0) is 64.4 Å². The fraction of sp³-hybridized carbons (Fsp3) is 0.600. The number of benzene rings is 1. The average molecular weight is 362 g/mol. The Kier molecular flexibility index (Phi) is 7.91. The van der Waals surface area contributed by atoms with E-state index in [0.29, 0.717) is 19.8 Å². The van der Waals surface area contributed by atoms with Crippen LogP contribution in [-0.4, -0.2) is 55.7 Å². The zero-order valence-electron chi connectivity index (χ0n) is 16.0. The van der Waals surface area contributed by atoms with Gasteiger partial charge in [0.05, 0.1) is 25.1 Å². The number of ether oxygens (including phenoxy) is 2. The monoisotopic (exact) mass is 362 g/mol. The van der Waals surface area contributed by atoms with Crippen molar-refractivity contribution in [3.05, 3.63) is 29.8 Å². The standard InChI is InChI=1S/C20H30N2O4/c1-4-25-20(24)17-8-11-22(12-9-17)16(3)19(23)21-10-13-26-18-7-5-6-15(2)14-18/h5-7,14,16-17H,4,8-13H2,1-3H3,(H,21,23). The lowest BCUT2D eigenvalue weighted by molar-refractivity contribution is -0.149. The van der Waals surface area contributed by atoms with Crippen molar-refractivity contribution < 1.29 is 19.1 Å². The molecule has 1 N–H and O–H groups in total. The molecule has 0 bridgehead atoms. The molecule has 26 heavy (non-hydrogen) atoms. The number of carbonyl (C=O) groups is 2. The lowest BCUT2D eigenvalue weighted by atomic mass is 9.96. The van der Waals surface area contributed by atoms with E-state index < -0.39 is 0 Å². The second-order valence-electron chi connectivity index (χ2n) is 6.69. The Balaban J connectivity index is 1.67. The SMILES string of the molecule is CCOC(=O)C1CCN(C(C)C(=O)NCCOc2cccc(C)c2)CC1. The highest BCUT2D eigenvalue weighted by Crippen LogP contribution is 2.20. The summed E-state index contributed by atoms with van der Waals surface area (Å²) in [7, 11) is 0. The molecule has 0 saturated carbocycles. The Bertz CT molecular complexity index is 597. The molecule has 6 nitrogen and oxygen atoms in total. The Morgan fingerprint density at radius 3 is 2.69 bits per heavy atom. The number of likely N-dealkylation sites (tertiary alicyclic amines) is 1. The molecule has 1 aliphatic rings. The van der Waals surface area contributed by atoms with Gasteiger partial charge in [0.1, 0.15) is 12.4 Å². The number of nitrogens with one attached hydrogen (secondary N) is 1. The third-order valence-corrected chi connectivity index (χ3v) is 4.74. The number of amides is 1. The van der Waals surface area contributed by atoms with Crippen molar-refractivity contribution in [3.8, 4) is 5.75 Å². The van der Waals surface area contributed by atoms with Gasteiger partial charge in [0.15, 0.2) is 0 Å². The molecule has 2 rings (SSSR count). The fourth-order valence-electron chi connectivity index (χ4n) is 3.14. The first-order chi connectivity index (χ1) is 12.5. The van der Waals surface area contributed by atoms with E-state index in [-0.39, 0.29) is 23.8 Å². The minimum atomic E-state index is -0.211. The largest absolute Gasteiger partial charge is 0.492 e. The van der Waals surface area contributed by atoms with Crippen LogP contribution in [0, 0.1) is 12.8 Å². The van der Waals surface area contributed by atoms with Gasteiger partial charge >= 0.3 is 5.97 Å². The first kappa shape index (κ1) is 20.2.